The number of benzene rings is 2. The van der Waals surface area contributed by atoms with E-state index in [0.29, 0.717) is 5.37 Å². The number of hydrogen-bond acceptors (Lipinski definition) is 2. The Bertz CT molecular complexity index is 528. The van der Waals surface area contributed by atoms with Crippen LogP contribution in [0.25, 0.3) is 11.1 Å². The number of fused-ring (bicyclic) bond motifs is 1. The third kappa shape index (κ3) is 3.34. The molecule has 1 aliphatic rings. The van der Waals surface area contributed by atoms with Crippen molar-refractivity contribution in [3.8, 4) is 11.1 Å². The van der Waals surface area contributed by atoms with Gasteiger partial charge in [-0.05, 0) is 23.3 Å². The van der Waals surface area contributed by atoms with Gasteiger partial charge >= 0.3 is 0 Å². The summed E-state index contributed by atoms with van der Waals surface area (Å²) in [5, 5.41) is 4.93. The SMILES string of the molecule is BrCC1Nc2cc(-c3ccccc3)ccc2S1.CC. The highest BCUT2D eigenvalue weighted by atomic mass is 79.9. The molecule has 19 heavy (non-hydrogen) atoms. The van der Waals surface area contributed by atoms with Crippen LogP contribution < -0.4 is 5.32 Å². The van der Waals surface area contributed by atoms with Crippen LogP contribution in [0.5, 0.6) is 0 Å². The predicted octanol–water partition coefficient (Wildman–Crippen LogP) is 5.62. The number of rotatable bonds is 2. The lowest BCUT2D eigenvalue weighted by molar-refractivity contribution is 1.18. The van der Waals surface area contributed by atoms with Gasteiger partial charge < -0.3 is 5.32 Å². The van der Waals surface area contributed by atoms with Crippen molar-refractivity contribution in [2.45, 2.75) is 24.1 Å². The summed E-state index contributed by atoms with van der Waals surface area (Å²) >= 11 is 5.40. The number of halogens is 1. The zero-order chi connectivity index (χ0) is 13.7. The van der Waals surface area contributed by atoms with Gasteiger partial charge in [0.25, 0.3) is 0 Å². The summed E-state index contributed by atoms with van der Waals surface area (Å²) in [7, 11) is 0. The van der Waals surface area contributed by atoms with E-state index >= 15 is 0 Å². The van der Waals surface area contributed by atoms with E-state index in [9.17, 15) is 0 Å². The van der Waals surface area contributed by atoms with Crippen LogP contribution in [0.1, 0.15) is 13.8 Å². The monoisotopic (exact) mass is 335 g/mol. The summed E-state index contributed by atoms with van der Waals surface area (Å²) in [6.45, 7) is 4.00. The molecule has 0 amide bonds. The summed E-state index contributed by atoms with van der Waals surface area (Å²) in [5.74, 6) is 0. The number of anilines is 1. The second kappa shape index (κ2) is 7.01. The minimum Gasteiger partial charge on any atom is -0.371 e. The highest BCUT2D eigenvalue weighted by Crippen LogP contribution is 2.40. The standard InChI is InChI=1S/C14H12BrNS.C2H6/c15-9-14-16-12-8-11(6-7-13(12)17-14)10-4-2-1-3-5-10;1-2/h1-8,14,16H,9H2;1-2H3. The van der Waals surface area contributed by atoms with Gasteiger partial charge in [-0.15, -0.1) is 0 Å². The van der Waals surface area contributed by atoms with Gasteiger partial charge in [0.05, 0.1) is 5.37 Å². The number of nitrogens with one attached hydrogen (secondary N) is 1. The average molecular weight is 336 g/mol. The Kier molecular flexibility index (Phi) is 5.34. The molecule has 0 spiro atoms. The van der Waals surface area contributed by atoms with Gasteiger partial charge in [-0.25, -0.2) is 0 Å². The van der Waals surface area contributed by atoms with Gasteiger partial charge in [-0.1, -0.05) is 77.9 Å². The highest BCUT2D eigenvalue weighted by molar-refractivity contribution is 9.09. The lowest BCUT2D eigenvalue weighted by Gasteiger charge is -2.06. The van der Waals surface area contributed by atoms with Gasteiger partial charge in [0.1, 0.15) is 0 Å². The molecule has 1 nitrogen and oxygen atoms in total. The lowest BCUT2D eigenvalue weighted by Crippen LogP contribution is -2.10. The van der Waals surface area contributed by atoms with E-state index in [2.05, 4.69) is 63.7 Å². The summed E-state index contributed by atoms with van der Waals surface area (Å²) in [5.41, 5.74) is 3.79. The molecule has 2 aromatic carbocycles. The molecule has 1 N–H and O–H groups in total. The van der Waals surface area contributed by atoms with Crippen molar-refractivity contribution in [1.29, 1.82) is 0 Å². The largest absolute Gasteiger partial charge is 0.371 e. The number of alkyl halides is 1. The van der Waals surface area contributed by atoms with E-state index in [1.54, 1.807) is 0 Å². The van der Waals surface area contributed by atoms with Crippen molar-refractivity contribution in [2.75, 3.05) is 10.6 Å². The molecule has 1 atom stereocenters. The molecule has 3 rings (SSSR count). The van der Waals surface area contributed by atoms with Gasteiger partial charge in [0.15, 0.2) is 0 Å². The topological polar surface area (TPSA) is 12.0 Å². The second-order valence-electron chi connectivity index (χ2n) is 3.98. The van der Waals surface area contributed by atoms with Crippen LogP contribution in [0, 0.1) is 0 Å². The van der Waals surface area contributed by atoms with Crippen LogP contribution in [-0.2, 0) is 0 Å². The van der Waals surface area contributed by atoms with Gasteiger partial charge in [-0.3, -0.25) is 0 Å². The third-order valence-corrected chi connectivity index (χ3v) is 5.07. The molecule has 1 aliphatic heterocycles. The first-order valence-corrected chi connectivity index (χ1v) is 8.55. The summed E-state index contributed by atoms with van der Waals surface area (Å²) < 4.78 is 0. The Morgan fingerprint density at radius 3 is 2.47 bits per heavy atom. The molecular weight excluding hydrogens is 318 g/mol. The van der Waals surface area contributed by atoms with Crippen LogP contribution in [0.3, 0.4) is 0 Å². The van der Waals surface area contributed by atoms with Crippen LogP contribution in [-0.4, -0.2) is 10.7 Å². The number of hydrogen-bond donors (Lipinski definition) is 1. The smallest absolute Gasteiger partial charge is 0.0867 e. The molecule has 0 bridgehead atoms. The molecule has 0 aromatic heterocycles. The normalized spacial score (nSPS) is 16.1. The van der Waals surface area contributed by atoms with Crippen LogP contribution >= 0.6 is 27.7 Å². The van der Waals surface area contributed by atoms with Gasteiger partial charge in [0, 0.05) is 15.9 Å². The van der Waals surface area contributed by atoms with Crippen LogP contribution in [0.4, 0.5) is 5.69 Å². The Hall–Kier alpha value is -0.930. The molecule has 0 fully saturated rings. The Balaban J connectivity index is 0.000000637. The molecule has 100 valence electrons. The Labute approximate surface area is 127 Å². The first-order valence-electron chi connectivity index (χ1n) is 6.55. The lowest BCUT2D eigenvalue weighted by atomic mass is 10.1. The fourth-order valence-corrected chi connectivity index (χ4v) is 3.49. The van der Waals surface area contributed by atoms with Crippen molar-refractivity contribution in [3.63, 3.8) is 0 Å². The molecule has 0 radical (unpaired) electrons. The molecular formula is C16H18BrNS. The molecule has 0 aliphatic carbocycles. The molecule has 0 saturated carbocycles. The maximum absolute atomic E-state index is 3.52. The second-order valence-corrected chi connectivity index (χ2v) is 5.87. The predicted molar refractivity (Wildman–Crippen MR) is 90.3 cm³/mol. The molecule has 1 unspecified atom stereocenters. The summed E-state index contributed by atoms with van der Waals surface area (Å²) in [6, 6.07) is 17.1. The maximum Gasteiger partial charge on any atom is 0.0867 e. The average Bonchev–Trinajstić information content (AvgIpc) is 2.92. The fraction of sp³-hybridized carbons (Fsp3) is 0.250. The van der Waals surface area contributed by atoms with Crippen molar-refractivity contribution in [1.82, 2.24) is 0 Å². The molecule has 1 heterocycles. The molecule has 0 saturated heterocycles. The van der Waals surface area contributed by atoms with Crippen molar-refractivity contribution in [2.24, 2.45) is 0 Å². The zero-order valence-corrected chi connectivity index (χ0v) is 13.6. The minimum absolute atomic E-state index is 0.455. The van der Waals surface area contributed by atoms with Crippen molar-refractivity contribution >= 4 is 33.4 Å². The van der Waals surface area contributed by atoms with E-state index < -0.39 is 0 Å². The first-order chi connectivity index (χ1) is 9.36. The van der Waals surface area contributed by atoms with Crippen LogP contribution in [0.15, 0.2) is 53.4 Å². The quantitative estimate of drug-likeness (QED) is 0.715. The van der Waals surface area contributed by atoms with E-state index in [-0.39, 0.29) is 0 Å². The fourth-order valence-electron chi connectivity index (χ4n) is 1.98. The third-order valence-electron chi connectivity index (χ3n) is 2.81. The minimum atomic E-state index is 0.455. The first kappa shape index (κ1) is 14.5. The van der Waals surface area contributed by atoms with E-state index in [1.807, 2.05) is 31.7 Å². The Morgan fingerprint density at radius 1 is 1.05 bits per heavy atom. The van der Waals surface area contributed by atoms with Gasteiger partial charge in [-0.2, -0.15) is 0 Å². The van der Waals surface area contributed by atoms with E-state index in [1.165, 1.54) is 21.7 Å². The highest BCUT2D eigenvalue weighted by Gasteiger charge is 2.20. The molecule has 3 heteroatoms. The maximum atomic E-state index is 3.52. The van der Waals surface area contributed by atoms with Crippen molar-refractivity contribution in [3.05, 3.63) is 48.5 Å². The van der Waals surface area contributed by atoms with E-state index in [0.717, 1.165) is 5.33 Å². The van der Waals surface area contributed by atoms with Crippen molar-refractivity contribution < 1.29 is 0 Å². The zero-order valence-electron chi connectivity index (χ0n) is 11.2. The summed E-state index contributed by atoms with van der Waals surface area (Å²) in [4.78, 5) is 1.34. The molecule has 2 aromatic rings. The number of thioether (sulfide) groups is 1. The van der Waals surface area contributed by atoms with Crippen LogP contribution in [0.2, 0.25) is 0 Å². The van der Waals surface area contributed by atoms with E-state index in [4.69, 9.17) is 0 Å². The Morgan fingerprint density at radius 2 is 1.79 bits per heavy atom. The summed E-state index contributed by atoms with van der Waals surface area (Å²) in [6.07, 6.45) is 0. The van der Waals surface area contributed by atoms with Gasteiger partial charge in [0.2, 0.25) is 0 Å².